The molecule has 0 saturated carbocycles. The summed E-state index contributed by atoms with van der Waals surface area (Å²) in [4.78, 5) is 115. The molecular formula is C75H100N6O14. The summed E-state index contributed by atoms with van der Waals surface area (Å²) in [7, 11) is 3.11. The number of piperidine rings is 1. The van der Waals surface area contributed by atoms with E-state index >= 15 is 0 Å². The molecule has 0 radical (unpaired) electrons. The molecule has 514 valence electrons. The largest absolute Gasteiger partial charge is 0.493 e. The number of hydrazine groups is 1. The number of hydrogen-bond donors (Lipinski definition) is 4. The van der Waals surface area contributed by atoms with Crippen LogP contribution >= 0.6 is 0 Å². The number of likely N-dealkylation sites (tertiary alicyclic amines) is 1. The zero-order valence-corrected chi connectivity index (χ0v) is 57.6. The number of benzene rings is 4. The Morgan fingerprint density at radius 2 is 1.46 bits per heavy atom. The summed E-state index contributed by atoms with van der Waals surface area (Å²) in [6.45, 7) is 18.3. The first-order chi connectivity index (χ1) is 45.1. The Morgan fingerprint density at radius 1 is 0.758 bits per heavy atom. The highest BCUT2D eigenvalue weighted by atomic mass is 16.5. The third-order valence-electron chi connectivity index (χ3n) is 17.4. The fraction of sp³-hybridized carbons (Fsp3) is 0.507. The van der Waals surface area contributed by atoms with E-state index in [2.05, 4.69) is 21.0 Å². The summed E-state index contributed by atoms with van der Waals surface area (Å²) in [5.74, 6) is -3.74. The Hall–Kier alpha value is -8.49. The molecule has 0 bridgehead atoms. The number of aryl methyl sites for hydroxylation is 1. The number of ether oxygens (including phenoxy) is 5. The number of aliphatic hydroxyl groups excluding tert-OH is 1. The summed E-state index contributed by atoms with van der Waals surface area (Å²) in [5.41, 5.74) is 5.71. The number of carbonyl (C=O) groups is 8. The van der Waals surface area contributed by atoms with Crippen LogP contribution in [0.1, 0.15) is 155 Å². The zero-order chi connectivity index (χ0) is 69.5. The normalized spacial score (nSPS) is 15.1. The molecule has 1 fully saturated rings. The van der Waals surface area contributed by atoms with Crippen molar-refractivity contribution < 1.29 is 67.1 Å². The van der Waals surface area contributed by atoms with E-state index in [1.54, 1.807) is 57.5 Å². The molecule has 20 nitrogen and oxygen atoms in total. The summed E-state index contributed by atoms with van der Waals surface area (Å²) in [6, 6.07) is 33.8. The molecule has 4 N–H and O–H groups in total. The highest BCUT2D eigenvalue weighted by Crippen LogP contribution is 2.35. The van der Waals surface area contributed by atoms with E-state index in [9.17, 15) is 43.5 Å². The molecule has 4 aromatic carbocycles. The Kier molecular flexibility index (Phi) is 28.5. The van der Waals surface area contributed by atoms with Gasteiger partial charge in [-0.3, -0.25) is 44.0 Å². The van der Waals surface area contributed by atoms with Gasteiger partial charge >= 0.3 is 11.9 Å². The lowest BCUT2D eigenvalue weighted by atomic mass is 9.78. The van der Waals surface area contributed by atoms with Gasteiger partial charge in [0.25, 0.3) is 5.91 Å². The number of ketones is 2. The van der Waals surface area contributed by atoms with Gasteiger partial charge in [-0.05, 0) is 127 Å². The van der Waals surface area contributed by atoms with Crippen LogP contribution in [0.5, 0.6) is 17.2 Å². The topological polar surface area (TPSA) is 258 Å². The lowest BCUT2D eigenvalue weighted by Crippen LogP contribution is -2.53. The first-order valence-corrected chi connectivity index (χ1v) is 33.1. The van der Waals surface area contributed by atoms with Gasteiger partial charge in [-0.15, -0.1) is 0 Å². The second-order valence-electron chi connectivity index (χ2n) is 27.4. The molecule has 0 aliphatic carbocycles. The highest BCUT2D eigenvalue weighted by molar-refractivity contribution is 6.38. The van der Waals surface area contributed by atoms with Crippen molar-refractivity contribution in [1.82, 2.24) is 31.0 Å². The van der Waals surface area contributed by atoms with Crippen molar-refractivity contribution in [3.05, 3.63) is 144 Å². The van der Waals surface area contributed by atoms with Crippen molar-refractivity contribution in [2.24, 2.45) is 28.1 Å². The smallest absolute Gasteiger partial charge is 0.329 e. The number of carbonyl (C=O) groups excluding carboxylic acids is 8. The number of aromatic nitrogens is 1. The molecule has 6 rings (SSSR count). The average Bonchev–Trinajstić information content (AvgIpc) is 0.829. The first kappa shape index (κ1) is 75.5. The number of nitrogens with one attached hydrogen (secondary N) is 3. The van der Waals surface area contributed by atoms with Gasteiger partial charge in [-0.1, -0.05) is 141 Å². The summed E-state index contributed by atoms with van der Waals surface area (Å²) in [5, 5.41) is 19.5. The van der Waals surface area contributed by atoms with E-state index in [0.717, 1.165) is 27.9 Å². The molecule has 1 aliphatic rings. The first-order valence-electron chi connectivity index (χ1n) is 33.1. The Bertz CT molecular complexity index is 3350. The van der Waals surface area contributed by atoms with Gasteiger partial charge in [0.15, 0.2) is 17.3 Å². The third kappa shape index (κ3) is 23.4. The van der Waals surface area contributed by atoms with Crippen LogP contribution < -0.4 is 30.3 Å². The van der Waals surface area contributed by atoms with Crippen molar-refractivity contribution in [3.8, 4) is 28.5 Å². The number of rotatable bonds is 35. The van der Waals surface area contributed by atoms with Gasteiger partial charge in [0.2, 0.25) is 23.5 Å². The van der Waals surface area contributed by atoms with Gasteiger partial charge in [0.1, 0.15) is 24.5 Å². The number of hydrogen-bond acceptors (Lipinski definition) is 16. The maximum Gasteiger partial charge on any atom is 0.329 e. The number of amides is 4. The van der Waals surface area contributed by atoms with Crippen LogP contribution in [0.15, 0.2) is 121 Å². The van der Waals surface area contributed by atoms with Crippen LogP contribution in [0.4, 0.5) is 0 Å². The number of pyridine rings is 1. The highest BCUT2D eigenvalue weighted by Gasteiger charge is 2.42. The predicted octanol–water partition coefficient (Wildman–Crippen LogP) is 10.5. The lowest BCUT2D eigenvalue weighted by molar-refractivity contribution is -0.164. The molecule has 6 atom stereocenters. The molecule has 0 spiro atoms. The van der Waals surface area contributed by atoms with Crippen LogP contribution in [-0.2, 0) is 67.2 Å². The Morgan fingerprint density at radius 3 is 2.12 bits per heavy atom. The lowest BCUT2D eigenvalue weighted by Gasteiger charge is -2.36. The number of nitrogens with zero attached hydrogens (tertiary/aromatic N) is 3. The van der Waals surface area contributed by atoms with Crippen LogP contribution in [0, 0.1) is 28.1 Å². The van der Waals surface area contributed by atoms with Crippen molar-refractivity contribution in [3.63, 3.8) is 0 Å². The van der Waals surface area contributed by atoms with Gasteiger partial charge in [-0.2, -0.15) is 0 Å². The standard InChI is InChI=1S/C75H100N6O14/c1-13-75(9,10)69(87)71(89)81-40-20-18-28-60(81)72(90)95-63(36-32-52-33-37-64(91-11)65(44-52)92-12)55-25-21-26-57(45-55)93-42-39-77-66(85)29-22-41-94-67(86)47-58(73(3,4)5)70(88)79-80(48-53-30-34-54(35-31-53)59-27-17-19-38-76-59)49-62(84)56(43-51-23-15-14-16-24-51)46-61(83)68(74(6,7)8)78-50(2)82/h14-17,19,21,23-27,30-31,33-35,37-38,44-45,56,58,60,62-63,68,84H,13,18,20,22,28-29,32,36,39-43,46-49H2,1-12H3,(H,77,85)(H,78,82)(H,79,88)/t56-,58-,60+,62+,63-,68-/m1/s1. The van der Waals surface area contributed by atoms with E-state index in [1.807, 2.05) is 146 Å². The van der Waals surface area contributed by atoms with E-state index < -0.39 is 81.9 Å². The minimum absolute atomic E-state index is 0.0364. The van der Waals surface area contributed by atoms with Crippen molar-refractivity contribution >= 4 is 47.1 Å². The molecule has 1 saturated heterocycles. The average molecular weight is 1310 g/mol. The quantitative estimate of drug-likeness (QED) is 0.0127. The third-order valence-corrected chi connectivity index (χ3v) is 17.4. The Balaban J connectivity index is 1.06. The van der Waals surface area contributed by atoms with Crippen LogP contribution in [0.3, 0.4) is 0 Å². The minimum atomic E-state index is -1.16. The molecule has 2 heterocycles. The van der Waals surface area contributed by atoms with Gasteiger partial charge < -0.3 is 44.3 Å². The number of methoxy groups -OCH3 is 2. The van der Waals surface area contributed by atoms with Crippen molar-refractivity contribution in [1.29, 1.82) is 0 Å². The van der Waals surface area contributed by atoms with E-state index in [0.29, 0.717) is 67.8 Å². The summed E-state index contributed by atoms with van der Waals surface area (Å²) in [6.07, 6.45) is 3.02. The fourth-order valence-electron chi connectivity index (χ4n) is 11.4. The molecule has 1 aromatic heterocycles. The summed E-state index contributed by atoms with van der Waals surface area (Å²) >= 11 is 0. The number of Topliss-reactive ketones (excluding diaryl/α,β-unsaturated/α-hetero) is 2. The second kappa shape index (κ2) is 35.9. The fourth-order valence-corrected chi connectivity index (χ4v) is 11.4. The zero-order valence-electron chi connectivity index (χ0n) is 57.6. The van der Waals surface area contributed by atoms with Crippen LogP contribution in [0.25, 0.3) is 11.3 Å². The van der Waals surface area contributed by atoms with E-state index in [1.165, 1.54) is 11.8 Å². The van der Waals surface area contributed by atoms with Gasteiger partial charge in [0.05, 0.1) is 57.5 Å². The van der Waals surface area contributed by atoms with E-state index in [-0.39, 0.29) is 82.7 Å². The molecular weight excluding hydrogens is 1210 g/mol. The number of esters is 2. The van der Waals surface area contributed by atoms with E-state index in [4.69, 9.17) is 23.7 Å². The van der Waals surface area contributed by atoms with Crippen molar-refractivity contribution in [2.45, 2.75) is 171 Å². The maximum atomic E-state index is 14.6. The maximum absolute atomic E-state index is 14.6. The molecule has 5 aromatic rings. The molecule has 4 amide bonds. The monoisotopic (exact) mass is 1310 g/mol. The second-order valence-corrected chi connectivity index (χ2v) is 27.4. The van der Waals surface area contributed by atoms with Crippen LogP contribution in [-0.4, -0.2) is 132 Å². The van der Waals surface area contributed by atoms with Crippen molar-refractivity contribution in [2.75, 3.05) is 47.1 Å². The molecule has 0 unspecified atom stereocenters. The predicted molar refractivity (Wildman–Crippen MR) is 362 cm³/mol. The Labute approximate surface area is 560 Å². The summed E-state index contributed by atoms with van der Waals surface area (Å²) < 4.78 is 29.0. The molecule has 1 aliphatic heterocycles. The molecule has 95 heavy (non-hydrogen) atoms. The van der Waals surface area contributed by atoms with Gasteiger partial charge in [0, 0.05) is 56.6 Å². The number of aliphatic hydroxyl groups is 1. The molecule has 20 heteroatoms. The van der Waals surface area contributed by atoms with Crippen LogP contribution in [0.2, 0.25) is 0 Å². The minimum Gasteiger partial charge on any atom is -0.493 e. The SMILES string of the molecule is CCC(C)(C)C(=O)C(=O)N1CCCC[C@H]1C(=O)O[C@H](CCc1ccc(OC)c(OC)c1)c1cccc(OCCNC(=O)CCCOC(=O)C[C@H](C(=O)NN(Cc2ccc(-c3ccccn3)cc2)C[C@H](O)[C@@H](CC(=O)[C@@H](NC(C)=O)C(C)(C)C)Cc2ccccc2)C(C)(C)C)c1. The van der Waals surface area contributed by atoms with Gasteiger partial charge in [-0.25, -0.2) is 9.80 Å².